The molecule has 0 amide bonds. The minimum Gasteiger partial charge on any atom is -0.456 e. The molecular weight excluding hydrogens is 615 g/mol. The average Bonchev–Trinajstić information content (AvgIpc) is 3.75. The number of hydrogen-bond acceptors (Lipinski definition) is 3. The second kappa shape index (κ2) is 11.2. The third kappa shape index (κ3) is 4.55. The Morgan fingerprint density at radius 2 is 1.12 bits per heavy atom. The normalized spacial score (nSPS) is 11.7. The first kappa shape index (κ1) is 27.9. The summed E-state index contributed by atoms with van der Waals surface area (Å²) in [4.78, 5) is 2.45. The summed E-state index contributed by atoms with van der Waals surface area (Å²) in [5, 5.41) is 7.31. The van der Waals surface area contributed by atoms with Crippen molar-refractivity contribution in [3.8, 4) is 22.3 Å². The van der Waals surface area contributed by atoms with E-state index in [1.165, 1.54) is 47.8 Å². The van der Waals surface area contributed by atoms with Crippen LogP contribution < -0.4 is 4.90 Å². The van der Waals surface area contributed by atoms with Crippen LogP contribution in [0.2, 0.25) is 0 Å². The first-order chi connectivity index (χ1) is 24.3. The molecule has 10 rings (SSSR count). The maximum Gasteiger partial charge on any atom is 0.136 e. The number of thiophene rings is 1. The van der Waals surface area contributed by atoms with Crippen LogP contribution in [0.25, 0.3) is 75.1 Å². The summed E-state index contributed by atoms with van der Waals surface area (Å²) >= 11 is 1.87. The number of benzene rings is 8. The van der Waals surface area contributed by atoms with Crippen LogP contribution in [0.1, 0.15) is 0 Å². The summed E-state index contributed by atoms with van der Waals surface area (Å²) in [5.41, 5.74) is 10.0. The molecule has 0 spiro atoms. The molecule has 0 aliphatic carbocycles. The van der Waals surface area contributed by atoms with E-state index in [1.807, 2.05) is 23.5 Å². The Kier molecular flexibility index (Phi) is 6.39. The van der Waals surface area contributed by atoms with E-state index in [0.29, 0.717) is 0 Å². The molecule has 0 saturated heterocycles. The van der Waals surface area contributed by atoms with Gasteiger partial charge in [-0.2, -0.15) is 0 Å². The van der Waals surface area contributed by atoms with Crippen molar-refractivity contribution in [1.29, 1.82) is 0 Å². The summed E-state index contributed by atoms with van der Waals surface area (Å²) in [5.74, 6) is 0. The van der Waals surface area contributed by atoms with Crippen LogP contribution in [0.5, 0.6) is 0 Å². The first-order valence-corrected chi connectivity index (χ1v) is 17.4. The van der Waals surface area contributed by atoms with E-state index >= 15 is 0 Å². The van der Waals surface area contributed by atoms with Gasteiger partial charge in [0.05, 0.1) is 16.1 Å². The second-order valence-electron chi connectivity index (χ2n) is 12.5. The predicted octanol–water partition coefficient (Wildman–Crippen LogP) is 13.9. The maximum atomic E-state index is 6.23. The van der Waals surface area contributed by atoms with E-state index in [2.05, 4.69) is 169 Å². The van der Waals surface area contributed by atoms with Gasteiger partial charge in [-0.1, -0.05) is 127 Å². The van der Waals surface area contributed by atoms with E-state index in [9.17, 15) is 0 Å². The molecule has 0 N–H and O–H groups in total. The van der Waals surface area contributed by atoms with E-state index in [0.717, 1.165) is 44.4 Å². The monoisotopic (exact) mass is 643 g/mol. The molecule has 230 valence electrons. The number of furan rings is 1. The highest BCUT2D eigenvalue weighted by molar-refractivity contribution is 7.26. The Morgan fingerprint density at radius 1 is 0.429 bits per heavy atom. The molecule has 3 heteroatoms. The molecule has 2 aromatic heterocycles. The SMILES string of the molecule is c1ccc(-c2ccc(N(c3ccc(-c4ccc5c(c4)oc4ccccc45)cc3)c3cccc4ccccc34)c3sc4ccccc4c23)cc1. The molecular formula is C46H29NOS. The van der Waals surface area contributed by atoms with Crippen LogP contribution in [0.4, 0.5) is 17.1 Å². The van der Waals surface area contributed by atoms with Crippen molar-refractivity contribution in [3.05, 3.63) is 176 Å². The lowest BCUT2D eigenvalue weighted by Crippen LogP contribution is -2.10. The van der Waals surface area contributed by atoms with Crippen LogP contribution in [0.3, 0.4) is 0 Å². The molecule has 0 atom stereocenters. The van der Waals surface area contributed by atoms with Crippen LogP contribution in [-0.2, 0) is 0 Å². The Labute approximate surface area is 287 Å². The smallest absolute Gasteiger partial charge is 0.136 e. The molecule has 0 radical (unpaired) electrons. The van der Waals surface area contributed by atoms with Gasteiger partial charge < -0.3 is 9.32 Å². The summed E-state index contributed by atoms with van der Waals surface area (Å²) in [6.07, 6.45) is 0. The van der Waals surface area contributed by atoms with Gasteiger partial charge in [0.15, 0.2) is 0 Å². The predicted molar refractivity (Wildman–Crippen MR) is 210 cm³/mol. The largest absolute Gasteiger partial charge is 0.456 e. The number of nitrogens with zero attached hydrogens (tertiary/aromatic N) is 1. The lowest BCUT2D eigenvalue weighted by atomic mass is 9.97. The molecule has 0 unspecified atom stereocenters. The summed E-state index contributed by atoms with van der Waals surface area (Å²) in [6, 6.07) is 63.2. The highest BCUT2D eigenvalue weighted by Gasteiger charge is 2.22. The second-order valence-corrected chi connectivity index (χ2v) is 13.5. The van der Waals surface area contributed by atoms with Gasteiger partial charge >= 0.3 is 0 Å². The molecule has 8 aromatic carbocycles. The van der Waals surface area contributed by atoms with Gasteiger partial charge in [0.1, 0.15) is 11.2 Å². The fourth-order valence-electron chi connectivity index (χ4n) is 7.37. The van der Waals surface area contributed by atoms with Crippen LogP contribution >= 0.6 is 11.3 Å². The van der Waals surface area contributed by atoms with Gasteiger partial charge in [0, 0.05) is 37.3 Å². The molecule has 0 fully saturated rings. The zero-order valence-corrected chi connectivity index (χ0v) is 27.3. The molecule has 2 nitrogen and oxygen atoms in total. The minimum absolute atomic E-state index is 0.908. The molecule has 0 bridgehead atoms. The summed E-state index contributed by atoms with van der Waals surface area (Å²) in [6.45, 7) is 0. The van der Waals surface area contributed by atoms with Gasteiger partial charge in [-0.05, 0) is 76.2 Å². The van der Waals surface area contributed by atoms with Gasteiger partial charge in [-0.15, -0.1) is 11.3 Å². The Morgan fingerprint density at radius 3 is 2.00 bits per heavy atom. The van der Waals surface area contributed by atoms with Crippen molar-refractivity contribution in [3.63, 3.8) is 0 Å². The summed E-state index contributed by atoms with van der Waals surface area (Å²) < 4.78 is 8.79. The molecule has 0 aliphatic rings. The number of para-hydroxylation sites is 1. The number of hydrogen-bond donors (Lipinski definition) is 0. The molecule has 2 heterocycles. The highest BCUT2D eigenvalue weighted by Crippen LogP contribution is 2.49. The van der Waals surface area contributed by atoms with Gasteiger partial charge in [-0.3, -0.25) is 0 Å². The minimum atomic E-state index is 0.908. The standard InChI is InChI=1S/C46H29NOS/c1-2-11-32(12-3-1)36-27-28-41(46-45(36)39-17-7-9-20-44(39)49-46)47(40-18-10-14-31-13-4-5-15-35(31)40)34-24-21-30(22-25-34)33-23-26-38-37-16-6-8-19-42(37)48-43(38)29-33/h1-29H. The number of rotatable bonds is 5. The van der Waals surface area contributed by atoms with Crippen molar-refractivity contribution < 1.29 is 4.42 Å². The van der Waals surface area contributed by atoms with Crippen molar-refractivity contribution >= 4 is 81.3 Å². The maximum absolute atomic E-state index is 6.23. The number of fused-ring (bicyclic) bond motifs is 7. The Balaban J connectivity index is 1.18. The van der Waals surface area contributed by atoms with Crippen LogP contribution in [-0.4, -0.2) is 0 Å². The molecule has 0 saturated carbocycles. The van der Waals surface area contributed by atoms with Crippen molar-refractivity contribution in [2.24, 2.45) is 0 Å². The fraction of sp³-hybridized carbons (Fsp3) is 0. The van der Waals surface area contributed by atoms with E-state index in [4.69, 9.17) is 4.42 Å². The fourth-order valence-corrected chi connectivity index (χ4v) is 8.60. The van der Waals surface area contributed by atoms with Gasteiger partial charge in [0.25, 0.3) is 0 Å². The van der Waals surface area contributed by atoms with E-state index < -0.39 is 0 Å². The average molecular weight is 644 g/mol. The summed E-state index contributed by atoms with van der Waals surface area (Å²) in [7, 11) is 0. The molecule has 0 aliphatic heterocycles. The number of anilines is 3. The van der Waals surface area contributed by atoms with Gasteiger partial charge in [0.2, 0.25) is 0 Å². The van der Waals surface area contributed by atoms with Crippen molar-refractivity contribution in [1.82, 2.24) is 0 Å². The van der Waals surface area contributed by atoms with Crippen LogP contribution in [0.15, 0.2) is 180 Å². The topological polar surface area (TPSA) is 16.4 Å². The van der Waals surface area contributed by atoms with Crippen LogP contribution in [0, 0.1) is 0 Å². The van der Waals surface area contributed by atoms with E-state index in [1.54, 1.807) is 0 Å². The zero-order chi connectivity index (χ0) is 32.3. The van der Waals surface area contributed by atoms with Gasteiger partial charge in [-0.25, -0.2) is 0 Å². The van der Waals surface area contributed by atoms with E-state index in [-0.39, 0.29) is 0 Å². The molecule has 49 heavy (non-hydrogen) atoms. The van der Waals surface area contributed by atoms with Crippen molar-refractivity contribution in [2.45, 2.75) is 0 Å². The zero-order valence-electron chi connectivity index (χ0n) is 26.5. The lowest BCUT2D eigenvalue weighted by Gasteiger charge is -2.28. The third-order valence-electron chi connectivity index (χ3n) is 9.68. The highest BCUT2D eigenvalue weighted by atomic mass is 32.1. The Hall–Kier alpha value is -6.16. The first-order valence-electron chi connectivity index (χ1n) is 16.6. The quantitative estimate of drug-likeness (QED) is 0.186. The van der Waals surface area contributed by atoms with Crippen molar-refractivity contribution in [2.75, 3.05) is 4.90 Å². The lowest BCUT2D eigenvalue weighted by molar-refractivity contribution is 0.669. The Bertz CT molecular complexity index is 2820. The third-order valence-corrected chi connectivity index (χ3v) is 10.9. The molecule has 10 aromatic rings.